The van der Waals surface area contributed by atoms with E-state index >= 15 is 0 Å². The Bertz CT molecular complexity index is 616. The fraction of sp³-hybridized carbons (Fsp3) is 0.364. The average molecular weight is 368 g/mol. The summed E-state index contributed by atoms with van der Waals surface area (Å²) >= 11 is 3.21. The van der Waals surface area contributed by atoms with Crippen LogP contribution in [0.4, 0.5) is 0 Å². The molecule has 9 heteroatoms. The van der Waals surface area contributed by atoms with Crippen molar-refractivity contribution in [1.82, 2.24) is 4.72 Å². The second-order valence-electron chi connectivity index (χ2n) is 3.82. The minimum atomic E-state index is -4.05. The van der Waals surface area contributed by atoms with E-state index in [4.69, 9.17) is 14.6 Å². The van der Waals surface area contributed by atoms with Crippen LogP contribution in [0.2, 0.25) is 0 Å². The highest BCUT2D eigenvalue weighted by atomic mass is 79.9. The highest BCUT2D eigenvalue weighted by Gasteiger charge is 2.26. The topological polar surface area (TPSA) is 102 Å². The Labute approximate surface area is 125 Å². The summed E-state index contributed by atoms with van der Waals surface area (Å²) in [4.78, 5) is 10.5. The zero-order chi connectivity index (χ0) is 15.5. The van der Waals surface area contributed by atoms with Crippen LogP contribution in [-0.2, 0) is 14.8 Å². The van der Waals surface area contributed by atoms with Crippen LogP contribution >= 0.6 is 15.9 Å². The smallest absolute Gasteiger partial charge is 0.321 e. The number of carboxylic acid groups (broad SMARTS) is 1. The maximum absolute atomic E-state index is 12.2. The van der Waals surface area contributed by atoms with Gasteiger partial charge < -0.3 is 14.6 Å². The SMILES string of the molecule is COc1cc(S(=O)(=O)N[C@H](C)C(=O)O)c(OC)cc1Br. The van der Waals surface area contributed by atoms with Crippen molar-refractivity contribution in [2.75, 3.05) is 14.2 Å². The molecule has 0 saturated carbocycles. The molecule has 0 amide bonds. The minimum absolute atomic E-state index is 0.0720. The molecule has 112 valence electrons. The third kappa shape index (κ3) is 3.62. The Kier molecular flexibility index (Phi) is 5.37. The zero-order valence-electron chi connectivity index (χ0n) is 11.0. The molecular formula is C11H14BrNO6S. The van der Waals surface area contributed by atoms with Crippen LogP contribution in [0.15, 0.2) is 21.5 Å². The normalized spacial score (nSPS) is 12.8. The summed E-state index contributed by atoms with van der Waals surface area (Å²) in [6.07, 6.45) is 0. The first kappa shape index (κ1) is 16.7. The highest BCUT2D eigenvalue weighted by Crippen LogP contribution is 2.35. The second kappa shape index (κ2) is 6.42. The predicted octanol–water partition coefficient (Wildman–Crippen LogP) is 1.22. The number of benzene rings is 1. The first-order valence-corrected chi connectivity index (χ1v) is 7.67. The number of carboxylic acids is 1. The predicted molar refractivity (Wildman–Crippen MR) is 74.7 cm³/mol. The van der Waals surface area contributed by atoms with Gasteiger partial charge in [-0.25, -0.2) is 8.42 Å². The molecule has 1 rings (SSSR count). The van der Waals surface area contributed by atoms with Crippen molar-refractivity contribution in [2.24, 2.45) is 0 Å². The summed E-state index contributed by atoms with van der Waals surface area (Å²) in [6.45, 7) is 1.22. The van der Waals surface area contributed by atoms with Gasteiger partial charge in [-0.1, -0.05) is 0 Å². The van der Waals surface area contributed by atoms with Crippen molar-refractivity contribution in [3.05, 3.63) is 16.6 Å². The molecule has 0 aliphatic rings. The van der Waals surface area contributed by atoms with Crippen molar-refractivity contribution in [3.63, 3.8) is 0 Å². The van der Waals surface area contributed by atoms with E-state index in [2.05, 4.69) is 15.9 Å². The fourth-order valence-corrected chi connectivity index (χ4v) is 3.24. The molecule has 20 heavy (non-hydrogen) atoms. The van der Waals surface area contributed by atoms with E-state index in [0.29, 0.717) is 4.47 Å². The number of methoxy groups -OCH3 is 2. The Hall–Kier alpha value is -1.32. The third-order valence-electron chi connectivity index (χ3n) is 2.43. The van der Waals surface area contributed by atoms with Gasteiger partial charge in [0.1, 0.15) is 22.4 Å². The minimum Gasteiger partial charge on any atom is -0.496 e. The van der Waals surface area contributed by atoms with Crippen LogP contribution in [0, 0.1) is 0 Å². The second-order valence-corrected chi connectivity index (χ2v) is 6.36. The van der Waals surface area contributed by atoms with Crippen LogP contribution in [-0.4, -0.2) is 39.8 Å². The number of rotatable bonds is 6. The molecule has 1 atom stereocenters. The lowest BCUT2D eigenvalue weighted by molar-refractivity contribution is -0.138. The van der Waals surface area contributed by atoms with E-state index in [1.54, 1.807) is 0 Å². The zero-order valence-corrected chi connectivity index (χ0v) is 13.4. The van der Waals surface area contributed by atoms with Gasteiger partial charge in [0, 0.05) is 6.07 Å². The van der Waals surface area contributed by atoms with E-state index in [0.717, 1.165) is 0 Å². The number of sulfonamides is 1. The molecule has 2 N–H and O–H groups in total. The molecule has 0 saturated heterocycles. The van der Waals surface area contributed by atoms with Gasteiger partial charge in [-0.3, -0.25) is 4.79 Å². The van der Waals surface area contributed by atoms with E-state index in [1.165, 1.54) is 33.3 Å². The number of carbonyl (C=O) groups is 1. The number of nitrogens with one attached hydrogen (secondary N) is 1. The van der Waals surface area contributed by atoms with Gasteiger partial charge in [0.05, 0.1) is 18.7 Å². The van der Waals surface area contributed by atoms with E-state index < -0.39 is 22.0 Å². The Morgan fingerprint density at radius 1 is 1.30 bits per heavy atom. The molecule has 0 aliphatic heterocycles. The van der Waals surface area contributed by atoms with E-state index in [9.17, 15) is 13.2 Å². The van der Waals surface area contributed by atoms with Gasteiger partial charge >= 0.3 is 5.97 Å². The number of aliphatic carboxylic acids is 1. The van der Waals surface area contributed by atoms with Crippen LogP contribution in [0.3, 0.4) is 0 Å². The van der Waals surface area contributed by atoms with Crippen LogP contribution in [0.25, 0.3) is 0 Å². The van der Waals surface area contributed by atoms with Gasteiger partial charge in [-0.05, 0) is 28.9 Å². The molecule has 7 nitrogen and oxygen atoms in total. The summed E-state index contributed by atoms with van der Waals surface area (Å²) in [5.74, 6) is -0.923. The largest absolute Gasteiger partial charge is 0.496 e. The Balaban J connectivity index is 3.33. The van der Waals surface area contributed by atoms with Gasteiger partial charge in [0.15, 0.2) is 0 Å². The molecule has 0 aliphatic carbocycles. The number of hydrogen-bond acceptors (Lipinski definition) is 5. The van der Waals surface area contributed by atoms with Gasteiger partial charge in [0.25, 0.3) is 0 Å². The first-order valence-electron chi connectivity index (χ1n) is 5.39. The van der Waals surface area contributed by atoms with Crippen LogP contribution in [0.1, 0.15) is 6.92 Å². The Morgan fingerprint density at radius 2 is 1.85 bits per heavy atom. The lowest BCUT2D eigenvalue weighted by atomic mass is 10.3. The summed E-state index contributed by atoms with van der Waals surface area (Å²) in [7, 11) is -1.35. The quantitative estimate of drug-likeness (QED) is 0.783. The first-order chi connectivity index (χ1) is 9.22. The molecule has 0 spiro atoms. The molecule has 0 unspecified atom stereocenters. The fourth-order valence-electron chi connectivity index (χ4n) is 1.39. The lowest BCUT2D eigenvalue weighted by Gasteiger charge is -2.15. The molecule has 0 fully saturated rings. The molecule has 1 aromatic rings. The molecule has 1 aromatic carbocycles. The van der Waals surface area contributed by atoms with Gasteiger partial charge in [0.2, 0.25) is 10.0 Å². The number of hydrogen-bond donors (Lipinski definition) is 2. The van der Waals surface area contributed by atoms with Crippen LogP contribution < -0.4 is 14.2 Å². The van der Waals surface area contributed by atoms with Crippen molar-refractivity contribution in [1.29, 1.82) is 0 Å². The Morgan fingerprint density at radius 3 is 2.30 bits per heavy atom. The summed E-state index contributed by atoms with van der Waals surface area (Å²) in [6, 6.07) is 1.41. The van der Waals surface area contributed by atoms with Crippen molar-refractivity contribution in [2.45, 2.75) is 17.9 Å². The monoisotopic (exact) mass is 367 g/mol. The van der Waals surface area contributed by atoms with E-state index in [1.807, 2.05) is 4.72 Å². The molecular weight excluding hydrogens is 354 g/mol. The van der Waals surface area contributed by atoms with Gasteiger partial charge in [-0.2, -0.15) is 4.72 Å². The summed E-state index contributed by atoms with van der Waals surface area (Å²) in [5.41, 5.74) is 0. The van der Waals surface area contributed by atoms with Crippen molar-refractivity contribution >= 4 is 31.9 Å². The maximum atomic E-state index is 12.2. The van der Waals surface area contributed by atoms with E-state index in [-0.39, 0.29) is 16.4 Å². The lowest BCUT2D eigenvalue weighted by Crippen LogP contribution is -2.38. The summed E-state index contributed by atoms with van der Waals surface area (Å²) in [5, 5.41) is 8.77. The summed E-state index contributed by atoms with van der Waals surface area (Å²) < 4.78 is 36.9. The van der Waals surface area contributed by atoms with Crippen molar-refractivity contribution < 1.29 is 27.8 Å². The van der Waals surface area contributed by atoms with Crippen molar-refractivity contribution in [3.8, 4) is 11.5 Å². The molecule has 0 bridgehead atoms. The number of halogens is 1. The van der Waals surface area contributed by atoms with Gasteiger partial charge in [-0.15, -0.1) is 0 Å². The molecule has 0 heterocycles. The molecule has 0 aromatic heterocycles. The van der Waals surface area contributed by atoms with Crippen LogP contribution in [0.5, 0.6) is 11.5 Å². The highest BCUT2D eigenvalue weighted by molar-refractivity contribution is 9.10. The average Bonchev–Trinajstić information content (AvgIpc) is 2.37. The third-order valence-corrected chi connectivity index (χ3v) is 4.61. The standard InChI is InChI=1S/C11H14BrNO6S/c1-6(11(14)15)13-20(16,17)10-5-8(18-2)7(12)4-9(10)19-3/h4-6,13H,1-3H3,(H,14,15)/t6-/m1/s1. The maximum Gasteiger partial charge on any atom is 0.321 e. The number of ether oxygens (including phenoxy) is 2. The molecule has 0 radical (unpaired) electrons.